The van der Waals surface area contributed by atoms with Gasteiger partial charge in [-0.2, -0.15) is 5.10 Å². The first-order valence-corrected chi connectivity index (χ1v) is 7.96. The summed E-state index contributed by atoms with van der Waals surface area (Å²) in [5.74, 6) is -1.13. The second kappa shape index (κ2) is 6.32. The highest BCUT2D eigenvalue weighted by Crippen LogP contribution is 2.51. The van der Waals surface area contributed by atoms with Crippen LogP contribution in [0.15, 0.2) is 24.3 Å². The molecule has 122 valence electrons. The van der Waals surface area contributed by atoms with Gasteiger partial charge in [0.1, 0.15) is 12.4 Å². The fourth-order valence-electron chi connectivity index (χ4n) is 2.88. The van der Waals surface area contributed by atoms with Gasteiger partial charge in [0.25, 0.3) is 0 Å². The molecule has 0 bridgehead atoms. The number of esters is 1. The maximum atomic E-state index is 13.8. The van der Waals surface area contributed by atoms with Gasteiger partial charge in [0, 0.05) is 22.2 Å². The van der Waals surface area contributed by atoms with Gasteiger partial charge in [0.2, 0.25) is 0 Å². The normalized spacial score (nSPS) is 19.7. The van der Waals surface area contributed by atoms with Crippen LogP contribution in [0.4, 0.5) is 4.39 Å². The van der Waals surface area contributed by atoms with E-state index in [1.807, 2.05) is 19.9 Å². The molecule has 23 heavy (non-hydrogen) atoms. The van der Waals surface area contributed by atoms with E-state index in [-0.39, 0.29) is 30.2 Å². The van der Waals surface area contributed by atoms with Crippen molar-refractivity contribution in [2.75, 3.05) is 6.61 Å². The highest BCUT2D eigenvalue weighted by atomic mass is 35.5. The lowest BCUT2D eigenvalue weighted by Gasteiger charge is -2.07. The number of hydrogen-bond acceptors (Lipinski definition) is 3. The van der Waals surface area contributed by atoms with Crippen molar-refractivity contribution < 1.29 is 13.9 Å². The highest BCUT2D eigenvalue weighted by molar-refractivity contribution is 6.31. The van der Waals surface area contributed by atoms with Crippen molar-refractivity contribution in [3.63, 3.8) is 0 Å². The molecule has 1 fully saturated rings. The van der Waals surface area contributed by atoms with E-state index in [0.29, 0.717) is 23.6 Å². The number of rotatable bonds is 5. The smallest absolute Gasteiger partial charge is 0.309 e. The molecule has 0 radical (unpaired) electrons. The zero-order chi connectivity index (χ0) is 16.6. The van der Waals surface area contributed by atoms with Crippen molar-refractivity contribution in [1.29, 1.82) is 0 Å². The molecule has 1 heterocycles. The van der Waals surface area contributed by atoms with Crippen molar-refractivity contribution in [2.24, 2.45) is 5.92 Å². The van der Waals surface area contributed by atoms with Crippen molar-refractivity contribution in [3.8, 4) is 0 Å². The Kier molecular flexibility index (Phi) is 4.39. The van der Waals surface area contributed by atoms with E-state index in [2.05, 4.69) is 5.10 Å². The maximum Gasteiger partial charge on any atom is 0.309 e. The van der Waals surface area contributed by atoms with Crippen molar-refractivity contribution in [2.45, 2.75) is 32.7 Å². The van der Waals surface area contributed by atoms with Crippen LogP contribution in [-0.2, 0) is 16.1 Å². The number of benzene rings is 1. The number of nitrogens with zero attached hydrogens (tertiary/aromatic N) is 2. The van der Waals surface area contributed by atoms with Gasteiger partial charge in [-0.1, -0.05) is 17.7 Å². The maximum absolute atomic E-state index is 13.8. The summed E-state index contributed by atoms with van der Waals surface area (Å²) >= 11 is 6.03. The topological polar surface area (TPSA) is 44.1 Å². The Labute approximate surface area is 139 Å². The molecule has 0 aliphatic heterocycles. The molecule has 4 nitrogen and oxygen atoms in total. The summed E-state index contributed by atoms with van der Waals surface area (Å²) in [6, 6.07) is 6.54. The molecule has 0 amide bonds. The van der Waals surface area contributed by atoms with Crippen LogP contribution in [0.1, 0.15) is 29.3 Å². The van der Waals surface area contributed by atoms with Gasteiger partial charge < -0.3 is 4.74 Å². The van der Waals surface area contributed by atoms with Crippen LogP contribution in [0.25, 0.3) is 0 Å². The molecule has 6 heteroatoms. The number of carbonyl (C=O) groups excluding carboxylic acids is 1. The molecular formula is C17H18ClFN2O2. The predicted molar refractivity (Wildman–Crippen MR) is 84.9 cm³/mol. The molecule has 3 rings (SSSR count). The lowest BCUT2D eigenvalue weighted by Crippen LogP contribution is -2.15. The second-order valence-electron chi connectivity index (χ2n) is 5.90. The average Bonchev–Trinajstić information content (AvgIpc) is 3.19. The summed E-state index contributed by atoms with van der Waals surface area (Å²) in [5.41, 5.74) is 2.39. The first-order chi connectivity index (χ1) is 11.0. The van der Waals surface area contributed by atoms with Crippen molar-refractivity contribution in [3.05, 3.63) is 52.1 Å². The quantitative estimate of drug-likeness (QED) is 0.783. The number of aryl methyl sites for hydroxylation is 2. The number of halogens is 2. The van der Waals surface area contributed by atoms with E-state index < -0.39 is 0 Å². The molecular weight excluding hydrogens is 319 g/mol. The molecule has 0 saturated heterocycles. The Morgan fingerprint density at radius 1 is 1.48 bits per heavy atom. The van der Waals surface area contributed by atoms with Crippen molar-refractivity contribution >= 4 is 17.6 Å². The molecule has 1 aromatic carbocycles. The van der Waals surface area contributed by atoms with Crippen LogP contribution in [0.2, 0.25) is 5.02 Å². The molecule has 2 unspecified atom stereocenters. The standard InChI is InChI=1S/C17H18ClFN2O2/c1-10-8-11(2)21(20-10)6-7-23-17(22)13-9-12(13)16-14(18)4-3-5-15(16)19/h3-5,8,12-13H,6-7,9H2,1-2H3. The summed E-state index contributed by atoms with van der Waals surface area (Å²) in [5, 5.41) is 4.68. The van der Waals surface area contributed by atoms with Crippen molar-refractivity contribution in [1.82, 2.24) is 9.78 Å². The Bertz CT molecular complexity index is 724. The van der Waals surface area contributed by atoms with Gasteiger partial charge in [0.15, 0.2) is 0 Å². The van der Waals surface area contributed by atoms with E-state index in [4.69, 9.17) is 16.3 Å². The van der Waals surface area contributed by atoms with E-state index >= 15 is 0 Å². The van der Waals surface area contributed by atoms with Gasteiger partial charge in [0.05, 0.1) is 18.2 Å². The van der Waals surface area contributed by atoms with Crippen LogP contribution < -0.4 is 0 Å². The third-order valence-corrected chi connectivity index (χ3v) is 4.44. The summed E-state index contributed by atoms with van der Waals surface area (Å²) < 4.78 is 21.0. The van der Waals surface area contributed by atoms with Crippen LogP contribution in [-0.4, -0.2) is 22.4 Å². The minimum atomic E-state index is -0.361. The largest absolute Gasteiger partial charge is 0.463 e. The minimum absolute atomic E-state index is 0.176. The van der Waals surface area contributed by atoms with Crippen LogP contribution in [0.3, 0.4) is 0 Å². The SMILES string of the molecule is Cc1cc(C)n(CCOC(=O)C2CC2c2c(F)cccc2Cl)n1. The number of aromatic nitrogens is 2. The number of carbonyl (C=O) groups is 1. The predicted octanol–water partition coefficient (Wildman–Crippen LogP) is 3.64. The van der Waals surface area contributed by atoms with E-state index in [1.165, 1.54) is 6.07 Å². The van der Waals surface area contributed by atoms with E-state index in [1.54, 1.807) is 16.8 Å². The summed E-state index contributed by atoms with van der Waals surface area (Å²) in [4.78, 5) is 12.1. The fraction of sp³-hybridized carbons (Fsp3) is 0.412. The second-order valence-corrected chi connectivity index (χ2v) is 6.31. The van der Waals surface area contributed by atoms with E-state index in [9.17, 15) is 9.18 Å². The Morgan fingerprint density at radius 2 is 2.26 bits per heavy atom. The summed E-state index contributed by atoms with van der Waals surface area (Å²) in [6.45, 7) is 4.65. The van der Waals surface area contributed by atoms with Gasteiger partial charge in [-0.05, 0) is 38.5 Å². The lowest BCUT2D eigenvalue weighted by atomic mass is 10.1. The van der Waals surface area contributed by atoms with Gasteiger partial charge >= 0.3 is 5.97 Å². The Hall–Kier alpha value is -1.88. The molecule has 1 aliphatic rings. The van der Waals surface area contributed by atoms with Crippen LogP contribution >= 0.6 is 11.6 Å². The third kappa shape index (κ3) is 3.39. The van der Waals surface area contributed by atoms with Crippen LogP contribution in [0, 0.1) is 25.6 Å². The third-order valence-electron chi connectivity index (χ3n) is 4.11. The van der Waals surface area contributed by atoms with E-state index in [0.717, 1.165) is 11.4 Å². The zero-order valence-corrected chi connectivity index (χ0v) is 13.8. The number of ether oxygens (including phenoxy) is 1. The summed E-state index contributed by atoms with van der Waals surface area (Å²) in [7, 11) is 0. The molecule has 2 aromatic rings. The molecule has 0 N–H and O–H groups in total. The molecule has 2 atom stereocenters. The molecule has 0 spiro atoms. The Balaban J connectivity index is 1.54. The minimum Gasteiger partial charge on any atom is -0.463 e. The summed E-state index contributed by atoms with van der Waals surface area (Å²) in [6.07, 6.45) is 0.583. The zero-order valence-electron chi connectivity index (χ0n) is 13.1. The monoisotopic (exact) mass is 336 g/mol. The average molecular weight is 337 g/mol. The number of hydrogen-bond donors (Lipinski definition) is 0. The Morgan fingerprint density at radius 3 is 2.91 bits per heavy atom. The van der Waals surface area contributed by atoms with Gasteiger partial charge in [-0.3, -0.25) is 9.48 Å². The first kappa shape index (κ1) is 16.0. The highest BCUT2D eigenvalue weighted by Gasteiger charge is 2.47. The molecule has 1 aliphatic carbocycles. The molecule has 1 aromatic heterocycles. The van der Waals surface area contributed by atoms with Crippen LogP contribution in [0.5, 0.6) is 0 Å². The molecule has 1 saturated carbocycles. The van der Waals surface area contributed by atoms with Gasteiger partial charge in [-0.15, -0.1) is 0 Å². The van der Waals surface area contributed by atoms with Gasteiger partial charge in [-0.25, -0.2) is 4.39 Å². The fourth-order valence-corrected chi connectivity index (χ4v) is 3.18. The first-order valence-electron chi connectivity index (χ1n) is 7.59. The lowest BCUT2D eigenvalue weighted by molar-refractivity contribution is -0.145.